The van der Waals surface area contributed by atoms with Gasteiger partial charge in [0.15, 0.2) is 0 Å². The summed E-state index contributed by atoms with van der Waals surface area (Å²) in [6.07, 6.45) is 0. The molecule has 7 nitrogen and oxygen atoms in total. The van der Waals surface area contributed by atoms with Gasteiger partial charge in [0, 0.05) is 0 Å². The summed E-state index contributed by atoms with van der Waals surface area (Å²) in [7, 11) is 1.57. The van der Waals surface area contributed by atoms with Gasteiger partial charge in [-0.25, -0.2) is 0 Å². The minimum Gasteiger partial charge on any atom is -0.496 e. The molecule has 8 heteroatoms. The molecule has 2 atom stereocenters. The predicted molar refractivity (Wildman–Crippen MR) is 83.7 cm³/mol. The highest BCUT2D eigenvalue weighted by Crippen LogP contribution is 2.27. The van der Waals surface area contributed by atoms with Crippen molar-refractivity contribution in [3.8, 4) is 17.1 Å². The molecule has 1 amide bonds. The number of para-hydroxylation sites is 1. The van der Waals surface area contributed by atoms with E-state index in [1.54, 1.807) is 21.0 Å². The molecule has 0 radical (unpaired) electrons. The summed E-state index contributed by atoms with van der Waals surface area (Å²) in [4.78, 5) is 15.8. The molecule has 120 valence electrons. The topological polar surface area (TPSA) is 103 Å². The number of nitrogens with zero attached hydrogens (tertiary/aromatic N) is 2. The second-order valence-corrected chi connectivity index (χ2v) is 4.68. The number of nitrogens with two attached hydrogens (primary N) is 1. The van der Waals surface area contributed by atoms with Gasteiger partial charge in [-0.15, -0.1) is 12.4 Å². The number of hydrogen-bond acceptors (Lipinski definition) is 6. The van der Waals surface area contributed by atoms with E-state index in [1.165, 1.54) is 0 Å². The lowest BCUT2D eigenvalue weighted by molar-refractivity contribution is -0.122. The number of carbonyl (C=O) groups excluding carboxylic acids is 1. The quantitative estimate of drug-likeness (QED) is 0.866. The number of halogens is 1. The molecule has 1 aromatic heterocycles. The fourth-order valence-electron chi connectivity index (χ4n) is 1.76. The first-order valence-electron chi connectivity index (χ1n) is 6.56. The average Bonchev–Trinajstić information content (AvgIpc) is 2.96. The summed E-state index contributed by atoms with van der Waals surface area (Å²) in [6, 6.07) is 6.35. The lowest BCUT2D eigenvalue weighted by atomic mass is 10.2. The zero-order valence-corrected chi connectivity index (χ0v) is 13.4. The third kappa shape index (κ3) is 3.96. The van der Waals surface area contributed by atoms with Gasteiger partial charge in [0.25, 0.3) is 0 Å². The summed E-state index contributed by atoms with van der Waals surface area (Å²) in [5.41, 5.74) is 6.22. The monoisotopic (exact) mass is 326 g/mol. The van der Waals surface area contributed by atoms with E-state index in [-0.39, 0.29) is 18.3 Å². The summed E-state index contributed by atoms with van der Waals surface area (Å²) < 4.78 is 10.4. The number of aromatic nitrogens is 2. The molecule has 0 aliphatic carbocycles. The van der Waals surface area contributed by atoms with E-state index >= 15 is 0 Å². The molecule has 2 aromatic rings. The van der Waals surface area contributed by atoms with Crippen molar-refractivity contribution in [1.29, 1.82) is 0 Å². The van der Waals surface area contributed by atoms with Gasteiger partial charge >= 0.3 is 0 Å². The lowest BCUT2D eigenvalue weighted by Gasteiger charge is -2.11. The lowest BCUT2D eigenvalue weighted by Crippen LogP contribution is -2.39. The molecule has 0 aliphatic rings. The molecule has 0 fully saturated rings. The van der Waals surface area contributed by atoms with E-state index in [2.05, 4.69) is 15.5 Å². The fraction of sp³-hybridized carbons (Fsp3) is 0.357. The highest BCUT2D eigenvalue weighted by Gasteiger charge is 2.19. The molecule has 2 rings (SSSR count). The van der Waals surface area contributed by atoms with Crippen LogP contribution in [0.4, 0.5) is 0 Å². The van der Waals surface area contributed by atoms with E-state index in [1.807, 2.05) is 24.3 Å². The Morgan fingerprint density at radius 1 is 1.36 bits per heavy atom. The smallest absolute Gasteiger partial charge is 0.249 e. The van der Waals surface area contributed by atoms with Gasteiger partial charge in [-0.2, -0.15) is 4.98 Å². The number of hydrogen-bond donors (Lipinski definition) is 2. The van der Waals surface area contributed by atoms with Gasteiger partial charge in [-0.3, -0.25) is 4.79 Å². The van der Waals surface area contributed by atoms with E-state index in [9.17, 15) is 4.79 Å². The Balaban J connectivity index is 0.00000242. The number of methoxy groups -OCH3 is 1. The molecule has 1 unspecified atom stereocenters. The van der Waals surface area contributed by atoms with Gasteiger partial charge in [0.2, 0.25) is 17.6 Å². The summed E-state index contributed by atoms with van der Waals surface area (Å²) in [6.45, 7) is 3.36. The van der Waals surface area contributed by atoms with Crippen LogP contribution in [0.25, 0.3) is 11.4 Å². The van der Waals surface area contributed by atoms with Crippen LogP contribution in [-0.4, -0.2) is 29.2 Å². The van der Waals surface area contributed by atoms with Crippen molar-refractivity contribution in [3.05, 3.63) is 30.2 Å². The largest absolute Gasteiger partial charge is 0.496 e. The van der Waals surface area contributed by atoms with Crippen LogP contribution in [-0.2, 0) is 4.79 Å². The number of carbonyl (C=O) groups is 1. The summed E-state index contributed by atoms with van der Waals surface area (Å²) in [5, 5.41) is 6.62. The molecule has 1 heterocycles. The minimum absolute atomic E-state index is 0. The Bertz CT molecular complexity index is 630. The van der Waals surface area contributed by atoms with Crippen molar-refractivity contribution in [3.63, 3.8) is 0 Å². The van der Waals surface area contributed by atoms with Crippen LogP contribution in [0.2, 0.25) is 0 Å². The van der Waals surface area contributed by atoms with Crippen molar-refractivity contribution >= 4 is 18.3 Å². The van der Waals surface area contributed by atoms with Gasteiger partial charge in [-0.1, -0.05) is 17.3 Å². The Morgan fingerprint density at radius 2 is 2.05 bits per heavy atom. The number of amides is 1. The number of ether oxygens (including phenoxy) is 1. The molecule has 0 bridgehead atoms. The maximum Gasteiger partial charge on any atom is 0.249 e. The molecule has 0 saturated heterocycles. The molecule has 22 heavy (non-hydrogen) atoms. The zero-order chi connectivity index (χ0) is 15.4. The van der Waals surface area contributed by atoms with E-state index in [0.717, 1.165) is 5.56 Å². The van der Waals surface area contributed by atoms with Gasteiger partial charge in [-0.05, 0) is 26.0 Å². The van der Waals surface area contributed by atoms with E-state index in [4.69, 9.17) is 15.0 Å². The van der Waals surface area contributed by atoms with Crippen molar-refractivity contribution < 1.29 is 14.1 Å². The molecule has 0 spiro atoms. The van der Waals surface area contributed by atoms with Crippen LogP contribution in [0, 0.1) is 0 Å². The highest BCUT2D eigenvalue weighted by atomic mass is 35.5. The molecular formula is C14H19ClN4O3. The van der Waals surface area contributed by atoms with E-state index in [0.29, 0.717) is 17.5 Å². The van der Waals surface area contributed by atoms with Gasteiger partial charge in [0.1, 0.15) is 11.8 Å². The Hall–Kier alpha value is -2.12. The summed E-state index contributed by atoms with van der Waals surface area (Å²) >= 11 is 0. The maximum atomic E-state index is 11.6. The minimum atomic E-state index is -0.593. The fourth-order valence-corrected chi connectivity index (χ4v) is 1.76. The Morgan fingerprint density at radius 3 is 2.68 bits per heavy atom. The second-order valence-electron chi connectivity index (χ2n) is 4.68. The van der Waals surface area contributed by atoms with Crippen LogP contribution < -0.4 is 15.8 Å². The van der Waals surface area contributed by atoms with Crippen molar-refractivity contribution in [1.82, 2.24) is 15.5 Å². The summed E-state index contributed by atoms with van der Waals surface area (Å²) in [5.74, 6) is 1.09. The Kier molecular flexibility index (Phi) is 6.33. The molecule has 0 saturated carbocycles. The average molecular weight is 327 g/mol. The molecule has 1 aromatic carbocycles. The standard InChI is InChI=1S/C14H18N4O3.ClH/c1-8(15)13(19)16-9(2)14-17-12(18-21-14)10-6-4-5-7-11(10)20-3;/h4-9H,15H2,1-3H3,(H,16,19);1H/t8-,9?;/m1./s1. The van der Waals surface area contributed by atoms with Crippen LogP contribution >= 0.6 is 12.4 Å². The van der Waals surface area contributed by atoms with Crippen LogP contribution in [0.1, 0.15) is 25.8 Å². The first kappa shape index (κ1) is 17.9. The molecule has 3 N–H and O–H groups in total. The van der Waals surface area contributed by atoms with Crippen LogP contribution in [0.5, 0.6) is 5.75 Å². The number of benzene rings is 1. The first-order valence-corrected chi connectivity index (χ1v) is 6.56. The molecule has 0 aliphatic heterocycles. The number of rotatable bonds is 5. The SMILES string of the molecule is COc1ccccc1-c1noc(C(C)NC(=O)[C@@H](C)N)n1.Cl. The second kappa shape index (κ2) is 7.77. The van der Waals surface area contributed by atoms with Crippen molar-refractivity contribution in [2.75, 3.05) is 7.11 Å². The van der Waals surface area contributed by atoms with Crippen LogP contribution in [0.15, 0.2) is 28.8 Å². The first-order chi connectivity index (χ1) is 10.0. The van der Waals surface area contributed by atoms with Crippen LogP contribution in [0.3, 0.4) is 0 Å². The number of nitrogens with one attached hydrogen (secondary N) is 1. The normalized spacial score (nSPS) is 12.9. The Labute approximate surface area is 134 Å². The van der Waals surface area contributed by atoms with Crippen molar-refractivity contribution in [2.45, 2.75) is 25.9 Å². The third-order valence-corrected chi connectivity index (χ3v) is 2.93. The third-order valence-electron chi connectivity index (χ3n) is 2.93. The van der Waals surface area contributed by atoms with E-state index < -0.39 is 12.1 Å². The van der Waals surface area contributed by atoms with Crippen molar-refractivity contribution in [2.24, 2.45) is 5.73 Å². The highest BCUT2D eigenvalue weighted by molar-refractivity contribution is 5.85. The van der Waals surface area contributed by atoms with Gasteiger partial charge in [0.05, 0.1) is 18.7 Å². The van der Waals surface area contributed by atoms with Gasteiger partial charge < -0.3 is 20.3 Å². The zero-order valence-electron chi connectivity index (χ0n) is 12.6. The molecular weight excluding hydrogens is 308 g/mol. The maximum absolute atomic E-state index is 11.6. The predicted octanol–water partition coefficient (Wildman–Crippen LogP) is 1.69.